The lowest BCUT2D eigenvalue weighted by atomic mass is 9.81. The molecule has 1 N–H and O–H groups in total. The maximum Gasteiger partial charge on any atom is 0.126 e. The summed E-state index contributed by atoms with van der Waals surface area (Å²) in [5, 5.41) is 10.3. The molecule has 0 radical (unpaired) electrons. The second kappa shape index (κ2) is 6.66. The predicted molar refractivity (Wildman–Crippen MR) is 94.6 cm³/mol. The number of phenols is 1. The van der Waals surface area contributed by atoms with Crippen molar-refractivity contribution in [3.63, 3.8) is 0 Å². The molecule has 2 aromatic rings. The number of rotatable bonds is 3. The Morgan fingerprint density at radius 1 is 1.09 bits per heavy atom. The third kappa shape index (κ3) is 3.21. The Morgan fingerprint density at radius 2 is 1.91 bits per heavy atom. The van der Waals surface area contributed by atoms with Gasteiger partial charge in [-0.2, -0.15) is 0 Å². The maximum absolute atomic E-state index is 10.3. The van der Waals surface area contributed by atoms with Crippen molar-refractivity contribution < 1.29 is 9.84 Å². The number of hydrogen-bond acceptors (Lipinski definition) is 2. The second-order valence-corrected chi connectivity index (χ2v) is 6.61. The van der Waals surface area contributed by atoms with E-state index in [2.05, 4.69) is 38.1 Å². The molecule has 0 saturated carbocycles. The van der Waals surface area contributed by atoms with Gasteiger partial charge in [0.1, 0.15) is 11.5 Å². The molecule has 0 fully saturated rings. The first-order valence-corrected chi connectivity index (χ1v) is 8.66. The molecule has 1 aliphatic rings. The summed E-state index contributed by atoms with van der Waals surface area (Å²) in [6.45, 7) is 6.94. The molecule has 0 spiro atoms. The van der Waals surface area contributed by atoms with Crippen LogP contribution in [-0.2, 0) is 6.42 Å². The SMILES string of the molecule is CCOc1cc(O)c2cc1C(c1ccc(C)cc1C)CCCC2. The molecular formula is C21H26O2. The highest BCUT2D eigenvalue weighted by molar-refractivity contribution is 5.52. The van der Waals surface area contributed by atoms with E-state index in [1.54, 1.807) is 0 Å². The van der Waals surface area contributed by atoms with Crippen LogP contribution in [0.1, 0.15) is 59.9 Å². The second-order valence-electron chi connectivity index (χ2n) is 6.61. The number of phenolic OH excluding ortho intramolecular Hbond substituents is 1. The van der Waals surface area contributed by atoms with Gasteiger partial charge in [-0.05, 0) is 62.8 Å². The van der Waals surface area contributed by atoms with E-state index in [4.69, 9.17) is 4.74 Å². The Hall–Kier alpha value is -1.96. The van der Waals surface area contributed by atoms with Crippen molar-refractivity contribution in [1.82, 2.24) is 0 Å². The topological polar surface area (TPSA) is 29.5 Å². The van der Waals surface area contributed by atoms with Crippen LogP contribution in [0, 0.1) is 13.8 Å². The van der Waals surface area contributed by atoms with E-state index in [-0.39, 0.29) is 0 Å². The molecular weight excluding hydrogens is 284 g/mol. The molecule has 3 rings (SSSR count). The number of fused-ring (bicyclic) bond motifs is 2. The first kappa shape index (κ1) is 15.9. The molecule has 2 aromatic carbocycles. The first-order chi connectivity index (χ1) is 11.1. The fourth-order valence-corrected chi connectivity index (χ4v) is 3.75. The molecule has 1 unspecified atom stereocenters. The zero-order valence-corrected chi connectivity index (χ0v) is 14.4. The smallest absolute Gasteiger partial charge is 0.126 e. The van der Waals surface area contributed by atoms with E-state index in [9.17, 15) is 5.11 Å². The molecule has 0 amide bonds. The zero-order valence-electron chi connectivity index (χ0n) is 14.4. The van der Waals surface area contributed by atoms with Gasteiger partial charge in [0.05, 0.1) is 6.61 Å². The van der Waals surface area contributed by atoms with Crippen molar-refractivity contribution in [3.8, 4) is 11.5 Å². The largest absolute Gasteiger partial charge is 0.508 e. The molecule has 0 heterocycles. The minimum Gasteiger partial charge on any atom is -0.508 e. The summed E-state index contributed by atoms with van der Waals surface area (Å²) in [7, 11) is 0. The van der Waals surface area contributed by atoms with E-state index in [1.807, 2.05) is 13.0 Å². The van der Waals surface area contributed by atoms with Gasteiger partial charge in [0.15, 0.2) is 0 Å². The van der Waals surface area contributed by atoms with Crippen LogP contribution in [0.5, 0.6) is 11.5 Å². The Balaban J connectivity index is 2.14. The van der Waals surface area contributed by atoms with Gasteiger partial charge >= 0.3 is 0 Å². The van der Waals surface area contributed by atoms with Gasteiger partial charge in [-0.1, -0.05) is 30.2 Å². The average molecular weight is 310 g/mol. The van der Waals surface area contributed by atoms with Crippen LogP contribution < -0.4 is 4.74 Å². The monoisotopic (exact) mass is 310 g/mol. The van der Waals surface area contributed by atoms with Crippen molar-refractivity contribution in [1.29, 1.82) is 0 Å². The van der Waals surface area contributed by atoms with Crippen molar-refractivity contribution in [2.45, 2.75) is 52.4 Å². The molecule has 1 atom stereocenters. The molecule has 2 heteroatoms. The number of aryl methyl sites for hydroxylation is 3. The van der Waals surface area contributed by atoms with Gasteiger partial charge in [0, 0.05) is 17.5 Å². The van der Waals surface area contributed by atoms with Gasteiger partial charge in [0.25, 0.3) is 0 Å². The van der Waals surface area contributed by atoms with Gasteiger partial charge in [-0.25, -0.2) is 0 Å². The third-order valence-electron chi connectivity index (χ3n) is 4.88. The van der Waals surface area contributed by atoms with Crippen LogP contribution in [0.4, 0.5) is 0 Å². The van der Waals surface area contributed by atoms with Crippen LogP contribution in [0.2, 0.25) is 0 Å². The predicted octanol–water partition coefficient (Wildman–Crippen LogP) is 5.27. The molecule has 1 aliphatic carbocycles. The number of benzene rings is 2. The van der Waals surface area contributed by atoms with Gasteiger partial charge in [-0.3, -0.25) is 0 Å². The standard InChI is InChI=1S/C21H26O2/c1-4-23-21-13-20(22)16-7-5-6-8-18(19(21)12-16)17-10-9-14(2)11-15(17)3/h9-13,18,22H,4-8H2,1-3H3. The highest BCUT2D eigenvalue weighted by atomic mass is 16.5. The first-order valence-electron chi connectivity index (χ1n) is 8.66. The van der Waals surface area contributed by atoms with E-state index in [0.717, 1.165) is 30.6 Å². The van der Waals surface area contributed by atoms with Crippen LogP contribution in [0.25, 0.3) is 0 Å². The molecule has 2 bridgehead atoms. The Morgan fingerprint density at radius 3 is 2.65 bits per heavy atom. The third-order valence-corrected chi connectivity index (χ3v) is 4.88. The van der Waals surface area contributed by atoms with Crippen LogP contribution in [-0.4, -0.2) is 11.7 Å². The van der Waals surface area contributed by atoms with E-state index >= 15 is 0 Å². The molecule has 23 heavy (non-hydrogen) atoms. The maximum atomic E-state index is 10.3. The summed E-state index contributed by atoms with van der Waals surface area (Å²) in [5.41, 5.74) is 6.31. The quantitative estimate of drug-likeness (QED) is 0.837. The van der Waals surface area contributed by atoms with Crippen molar-refractivity contribution >= 4 is 0 Å². The minimum absolute atomic E-state index is 0.344. The summed E-state index contributed by atoms with van der Waals surface area (Å²) in [6.07, 6.45) is 4.38. The lowest BCUT2D eigenvalue weighted by Gasteiger charge is -2.26. The molecule has 0 aromatic heterocycles. The normalized spacial score (nSPS) is 17.4. The number of ether oxygens (including phenoxy) is 1. The number of aromatic hydroxyl groups is 1. The van der Waals surface area contributed by atoms with E-state index in [0.29, 0.717) is 18.3 Å². The van der Waals surface area contributed by atoms with E-state index in [1.165, 1.54) is 28.7 Å². The highest BCUT2D eigenvalue weighted by Gasteiger charge is 2.23. The summed E-state index contributed by atoms with van der Waals surface area (Å²) in [6, 6.07) is 10.7. The van der Waals surface area contributed by atoms with Gasteiger partial charge < -0.3 is 9.84 Å². The van der Waals surface area contributed by atoms with Crippen molar-refractivity contribution in [2.24, 2.45) is 0 Å². The van der Waals surface area contributed by atoms with Crippen molar-refractivity contribution in [3.05, 3.63) is 58.1 Å². The van der Waals surface area contributed by atoms with Crippen LogP contribution >= 0.6 is 0 Å². The van der Waals surface area contributed by atoms with Gasteiger partial charge in [0.2, 0.25) is 0 Å². The fourth-order valence-electron chi connectivity index (χ4n) is 3.75. The highest BCUT2D eigenvalue weighted by Crippen LogP contribution is 2.42. The average Bonchev–Trinajstić information content (AvgIpc) is 2.48. The number of hydrogen-bond donors (Lipinski definition) is 1. The Kier molecular flexibility index (Phi) is 4.61. The molecule has 0 saturated heterocycles. The molecule has 0 aliphatic heterocycles. The summed E-state index contributed by atoms with van der Waals surface area (Å²) in [4.78, 5) is 0. The van der Waals surface area contributed by atoms with Gasteiger partial charge in [-0.15, -0.1) is 0 Å². The van der Waals surface area contributed by atoms with Crippen LogP contribution in [0.3, 0.4) is 0 Å². The van der Waals surface area contributed by atoms with Crippen molar-refractivity contribution in [2.75, 3.05) is 6.61 Å². The lowest BCUT2D eigenvalue weighted by Crippen LogP contribution is -2.10. The Labute approximate surface area is 139 Å². The summed E-state index contributed by atoms with van der Waals surface area (Å²) in [5.74, 6) is 1.55. The summed E-state index contributed by atoms with van der Waals surface area (Å²) >= 11 is 0. The minimum atomic E-state index is 0.344. The molecule has 122 valence electrons. The zero-order chi connectivity index (χ0) is 16.4. The summed E-state index contributed by atoms with van der Waals surface area (Å²) < 4.78 is 5.85. The molecule has 2 nitrogen and oxygen atoms in total. The lowest BCUT2D eigenvalue weighted by molar-refractivity contribution is 0.330. The van der Waals surface area contributed by atoms with E-state index < -0.39 is 0 Å². The Bertz CT molecular complexity index is 703. The fraction of sp³-hybridized carbons (Fsp3) is 0.429. The van der Waals surface area contributed by atoms with Crippen LogP contribution in [0.15, 0.2) is 30.3 Å².